The minimum atomic E-state index is 0.0763. The van der Waals surface area contributed by atoms with E-state index in [0.717, 1.165) is 11.3 Å². The van der Waals surface area contributed by atoms with Crippen molar-refractivity contribution in [3.05, 3.63) is 29.6 Å². The lowest BCUT2D eigenvalue weighted by Gasteiger charge is -2.17. The molecule has 0 fully saturated rings. The average molecular weight is 159 g/mol. The van der Waals surface area contributed by atoms with Crippen molar-refractivity contribution >= 4 is 0 Å². The predicted octanol–water partition coefficient (Wildman–Crippen LogP) is 2.36. The van der Waals surface area contributed by atoms with Crippen molar-refractivity contribution in [2.75, 3.05) is 0 Å². The molecule has 1 nitrogen and oxygen atoms in total. The van der Waals surface area contributed by atoms with Crippen LogP contribution in [-0.4, -0.2) is 4.98 Å². The van der Waals surface area contributed by atoms with Crippen LogP contribution in [0.3, 0.4) is 0 Å². The quantitative estimate of drug-likeness (QED) is 0.529. The first-order valence-electron chi connectivity index (χ1n) is 3.97. The van der Waals surface area contributed by atoms with Crippen molar-refractivity contribution < 1.29 is 0 Å². The van der Waals surface area contributed by atoms with Gasteiger partial charge >= 0.3 is 0 Å². The largest absolute Gasteiger partial charge is 0.261 e. The van der Waals surface area contributed by atoms with Gasteiger partial charge in [0.05, 0.1) is 0 Å². The van der Waals surface area contributed by atoms with Crippen LogP contribution in [-0.2, 0) is 5.41 Å². The van der Waals surface area contributed by atoms with Crippen LogP contribution in [0.15, 0.2) is 18.3 Å². The van der Waals surface area contributed by atoms with Crippen LogP contribution < -0.4 is 0 Å². The Balaban J connectivity index is 3.13. The molecule has 0 unspecified atom stereocenters. The second-order valence-electron chi connectivity index (χ2n) is 3.82. The second-order valence-corrected chi connectivity index (χ2v) is 3.82. The van der Waals surface area contributed by atoms with Crippen LogP contribution in [0.1, 0.15) is 32.0 Å². The molecule has 0 atom stereocenters. The number of aromatic nitrogens is 1. The first-order valence-corrected chi connectivity index (χ1v) is 3.97. The van der Waals surface area contributed by atoms with Crippen LogP contribution >= 0.6 is 0 Å². The number of terminal acetylenes is 1. The van der Waals surface area contributed by atoms with Crippen molar-refractivity contribution in [3.63, 3.8) is 0 Å². The van der Waals surface area contributed by atoms with E-state index < -0.39 is 0 Å². The van der Waals surface area contributed by atoms with Gasteiger partial charge in [0.2, 0.25) is 0 Å². The summed E-state index contributed by atoms with van der Waals surface area (Å²) in [6.07, 6.45) is 7.04. The fourth-order valence-electron chi connectivity index (χ4n) is 0.930. The molecule has 1 heteroatoms. The number of pyridine rings is 1. The van der Waals surface area contributed by atoms with Crippen LogP contribution in [0.4, 0.5) is 0 Å². The number of rotatable bonds is 0. The van der Waals surface area contributed by atoms with Crippen molar-refractivity contribution in [1.82, 2.24) is 4.98 Å². The van der Waals surface area contributed by atoms with E-state index in [1.54, 1.807) is 6.20 Å². The molecule has 0 aromatic carbocycles. The third-order valence-electron chi connectivity index (χ3n) is 1.70. The van der Waals surface area contributed by atoms with Gasteiger partial charge in [-0.25, -0.2) is 0 Å². The Labute approximate surface area is 73.8 Å². The van der Waals surface area contributed by atoms with Gasteiger partial charge in [-0.05, 0) is 12.1 Å². The van der Waals surface area contributed by atoms with E-state index in [-0.39, 0.29) is 5.41 Å². The lowest BCUT2D eigenvalue weighted by molar-refractivity contribution is 0.569. The molecular formula is C11H13N. The molecule has 62 valence electrons. The Morgan fingerprint density at radius 1 is 1.42 bits per heavy atom. The first-order chi connectivity index (χ1) is 5.54. The van der Waals surface area contributed by atoms with E-state index >= 15 is 0 Å². The SMILES string of the molecule is C#Cc1ccnc(C(C)(C)C)c1. The molecule has 0 aliphatic carbocycles. The van der Waals surface area contributed by atoms with Gasteiger partial charge in [-0.3, -0.25) is 4.98 Å². The van der Waals surface area contributed by atoms with Crippen LogP contribution in [0.25, 0.3) is 0 Å². The van der Waals surface area contributed by atoms with Gasteiger partial charge in [0.25, 0.3) is 0 Å². The molecule has 0 radical (unpaired) electrons. The number of nitrogens with zero attached hydrogens (tertiary/aromatic N) is 1. The maximum Gasteiger partial charge on any atom is 0.0469 e. The van der Waals surface area contributed by atoms with Crippen molar-refractivity contribution in [2.45, 2.75) is 26.2 Å². The van der Waals surface area contributed by atoms with E-state index in [4.69, 9.17) is 6.42 Å². The molecule has 0 saturated heterocycles. The highest BCUT2D eigenvalue weighted by Gasteiger charge is 2.14. The molecule has 1 rings (SSSR count). The summed E-state index contributed by atoms with van der Waals surface area (Å²) in [7, 11) is 0. The highest BCUT2D eigenvalue weighted by molar-refractivity contribution is 5.33. The molecule has 0 spiro atoms. The molecule has 0 saturated carbocycles. The maximum absolute atomic E-state index is 5.28. The van der Waals surface area contributed by atoms with Gasteiger partial charge < -0.3 is 0 Å². The topological polar surface area (TPSA) is 12.9 Å². The van der Waals surface area contributed by atoms with E-state index in [1.807, 2.05) is 12.1 Å². The summed E-state index contributed by atoms with van der Waals surface area (Å²) in [6, 6.07) is 3.80. The fraction of sp³-hybridized carbons (Fsp3) is 0.364. The highest BCUT2D eigenvalue weighted by Crippen LogP contribution is 2.19. The molecule has 0 amide bonds. The van der Waals surface area contributed by atoms with Crippen LogP contribution in [0.2, 0.25) is 0 Å². The van der Waals surface area contributed by atoms with Gasteiger partial charge in [-0.2, -0.15) is 0 Å². The van der Waals surface area contributed by atoms with Crippen LogP contribution in [0, 0.1) is 12.3 Å². The summed E-state index contributed by atoms with van der Waals surface area (Å²) < 4.78 is 0. The summed E-state index contributed by atoms with van der Waals surface area (Å²) in [4.78, 5) is 4.26. The molecule has 0 N–H and O–H groups in total. The first kappa shape index (κ1) is 8.80. The maximum atomic E-state index is 5.28. The minimum absolute atomic E-state index is 0.0763. The zero-order chi connectivity index (χ0) is 9.19. The van der Waals surface area contributed by atoms with Gasteiger partial charge in [-0.1, -0.05) is 26.7 Å². The Hall–Kier alpha value is -1.29. The zero-order valence-corrected chi connectivity index (χ0v) is 7.76. The Kier molecular flexibility index (Phi) is 2.19. The van der Waals surface area contributed by atoms with Gasteiger partial charge in [-0.15, -0.1) is 6.42 Å². The lowest BCUT2D eigenvalue weighted by atomic mass is 9.91. The van der Waals surface area contributed by atoms with E-state index in [9.17, 15) is 0 Å². The number of hydrogen-bond donors (Lipinski definition) is 0. The highest BCUT2D eigenvalue weighted by atomic mass is 14.7. The molecule has 1 heterocycles. The average Bonchev–Trinajstić information content (AvgIpc) is 2.03. The summed E-state index contributed by atoms with van der Waals surface area (Å²) in [5.41, 5.74) is 2.01. The normalized spacial score (nSPS) is 10.8. The molecule has 0 bridgehead atoms. The molecule has 1 aromatic rings. The summed E-state index contributed by atoms with van der Waals surface area (Å²) >= 11 is 0. The van der Waals surface area contributed by atoms with Gasteiger partial charge in [0.1, 0.15) is 0 Å². The Morgan fingerprint density at radius 2 is 2.08 bits per heavy atom. The molecule has 12 heavy (non-hydrogen) atoms. The lowest BCUT2D eigenvalue weighted by Crippen LogP contribution is -2.13. The van der Waals surface area contributed by atoms with Gasteiger partial charge in [0.15, 0.2) is 0 Å². The van der Waals surface area contributed by atoms with Crippen LogP contribution in [0.5, 0.6) is 0 Å². The molecule has 0 aliphatic rings. The molecular weight excluding hydrogens is 146 g/mol. The smallest absolute Gasteiger partial charge is 0.0469 e. The minimum Gasteiger partial charge on any atom is -0.261 e. The summed E-state index contributed by atoms with van der Waals surface area (Å²) in [6.45, 7) is 6.36. The molecule has 1 aromatic heterocycles. The molecule has 0 aliphatic heterocycles. The zero-order valence-electron chi connectivity index (χ0n) is 7.76. The Morgan fingerprint density at radius 3 is 2.58 bits per heavy atom. The van der Waals surface area contributed by atoms with Gasteiger partial charge in [0, 0.05) is 22.9 Å². The van der Waals surface area contributed by atoms with Crippen molar-refractivity contribution in [1.29, 1.82) is 0 Å². The van der Waals surface area contributed by atoms with E-state index in [1.165, 1.54) is 0 Å². The summed E-state index contributed by atoms with van der Waals surface area (Å²) in [5, 5.41) is 0. The van der Waals surface area contributed by atoms with Crippen molar-refractivity contribution in [2.24, 2.45) is 0 Å². The van der Waals surface area contributed by atoms with E-state index in [0.29, 0.717) is 0 Å². The standard InChI is InChI=1S/C11H13N/c1-5-9-6-7-12-10(8-9)11(2,3)4/h1,6-8H,2-4H3. The van der Waals surface area contributed by atoms with E-state index in [2.05, 4.69) is 31.7 Å². The predicted molar refractivity (Wildman–Crippen MR) is 50.9 cm³/mol. The summed E-state index contributed by atoms with van der Waals surface area (Å²) in [5.74, 6) is 2.60. The fourth-order valence-corrected chi connectivity index (χ4v) is 0.930. The third-order valence-corrected chi connectivity index (χ3v) is 1.70. The number of hydrogen-bond acceptors (Lipinski definition) is 1. The monoisotopic (exact) mass is 159 g/mol. The van der Waals surface area contributed by atoms with Crippen molar-refractivity contribution in [3.8, 4) is 12.3 Å². The second kappa shape index (κ2) is 2.98. The Bertz CT molecular complexity index is 313. The third kappa shape index (κ3) is 1.85.